The van der Waals surface area contributed by atoms with Gasteiger partial charge >= 0.3 is 0 Å². The second kappa shape index (κ2) is 7.15. The molecule has 0 aliphatic heterocycles. The molecular formula is C18H22N2O3S. The number of nitrogens with zero attached hydrogens (tertiary/aromatic N) is 1. The Morgan fingerprint density at radius 2 is 1.58 bits per heavy atom. The highest BCUT2D eigenvalue weighted by Crippen LogP contribution is 2.19. The minimum atomic E-state index is -3.62. The number of rotatable bonds is 6. The molecule has 0 heterocycles. The lowest BCUT2D eigenvalue weighted by Gasteiger charge is -2.18. The molecule has 0 radical (unpaired) electrons. The Balaban J connectivity index is 2.17. The van der Waals surface area contributed by atoms with Crippen LogP contribution in [0.5, 0.6) is 0 Å². The highest BCUT2D eigenvalue weighted by Gasteiger charge is 2.21. The van der Waals surface area contributed by atoms with Gasteiger partial charge in [0.15, 0.2) is 0 Å². The highest BCUT2D eigenvalue weighted by atomic mass is 32.2. The molecule has 24 heavy (non-hydrogen) atoms. The van der Waals surface area contributed by atoms with E-state index < -0.39 is 15.9 Å². The van der Waals surface area contributed by atoms with Gasteiger partial charge in [-0.3, -0.25) is 4.79 Å². The van der Waals surface area contributed by atoms with Crippen molar-refractivity contribution in [1.82, 2.24) is 4.31 Å². The van der Waals surface area contributed by atoms with E-state index in [4.69, 9.17) is 5.73 Å². The smallest absolute Gasteiger partial charge is 0.248 e. The van der Waals surface area contributed by atoms with E-state index in [0.717, 1.165) is 5.56 Å². The molecule has 2 aromatic carbocycles. The largest absolute Gasteiger partial charge is 0.366 e. The van der Waals surface area contributed by atoms with Gasteiger partial charge in [0.25, 0.3) is 0 Å². The molecule has 128 valence electrons. The van der Waals surface area contributed by atoms with Crippen LogP contribution in [0.2, 0.25) is 0 Å². The molecule has 0 spiro atoms. The second-order valence-corrected chi connectivity index (χ2v) is 8.09. The molecule has 0 saturated carbocycles. The van der Waals surface area contributed by atoms with Crippen molar-refractivity contribution in [3.8, 4) is 0 Å². The molecule has 2 N–H and O–H groups in total. The van der Waals surface area contributed by atoms with Gasteiger partial charge in [0.1, 0.15) is 0 Å². The summed E-state index contributed by atoms with van der Waals surface area (Å²) in [5.41, 5.74) is 7.58. The molecule has 0 aromatic heterocycles. The van der Waals surface area contributed by atoms with Crippen LogP contribution in [0.4, 0.5) is 0 Å². The first-order chi connectivity index (χ1) is 11.2. The fraction of sp³-hybridized carbons (Fsp3) is 0.278. The molecule has 0 atom stereocenters. The van der Waals surface area contributed by atoms with Crippen molar-refractivity contribution < 1.29 is 13.2 Å². The summed E-state index contributed by atoms with van der Waals surface area (Å²) in [6, 6.07) is 13.5. The first kappa shape index (κ1) is 18.2. The first-order valence-corrected chi connectivity index (χ1v) is 9.11. The number of nitrogens with two attached hydrogens (primary N) is 1. The van der Waals surface area contributed by atoms with Crippen LogP contribution in [0.1, 0.15) is 41.3 Å². The molecule has 1 amide bonds. The summed E-state index contributed by atoms with van der Waals surface area (Å²) >= 11 is 0. The van der Waals surface area contributed by atoms with E-state index in [0.29, 0.717) is 5.92 Å². The second-order valence-electron chi connectivity index (χ2n) is 6.05. The molecule has 5 nitrogen and oxygen atoms in total. The Labute approximate surface area is 143 Å². The number of hydrogen-bond donors (Lipinski definition) is 1. The third-order valence-electron chi connectivity index (χ3n) is 3.90. The van der Waals surface area contributed by atoms with Gasteiger partial charge in [0.2, 0.25) is 15.9 Å². The first-order valence-electron chi connectivity index (χ1n) is 7.67. The summed E-state index contributed by atoms with van der Waals surface area (Å²) in [6.45, 7) is 4.50. The lowest BCUT2D eigenvalue weighted by Crippen LogP contribution is -2.26. The molecule has 0 unspecified atom stereocenters. The predicted molar refractivity (Wildman–Crippen MR) is 94.1 cm³/mol. The molecule has 0 fully saturated rings. The van der Waals surface area contributed by atoms with Crippen LogP contribution >= 0.6 is 0 Å². The van der Waals surface area contributed by atoms with Crippen molar-refractivity contribution in [1.29, 1.82) is 0 Å². The summed E-state index contributed by atoms with van der Waals surface area (Å²) in [5, 5.41) is 0. The number of hydrogen-bond acceptors (Lipinski definition) is 3. The molecule has 0 saturated heterocycles. The van der Waals surface area contributed by atoms with Crippen LogP contribution in [0.3, 0.4) is 0 Å². The topological polar surface area (TPSA) is 80.5 Å². The summed E-state index contributed by atoms with van der Waals surface area (Å²) < 4.78 is 26.5. The van der Waals surface area contributed by atoms with Gasteiger partial charge in [0.05, 0.1) is 4.90 Å². The maximum atomic E-state index is 12.6. The number of carbonyl (C=O) groups excluding carboxylic acids is 1. The zero-order chi connectivity index (χ0) is 17.9. The number of sulfonamides is 1. The average Bonchev–Trinajstić information content (AvgIpc) is 2.55. The normalized spacial score (nSPS) is 11.9. The number of amides is 1. The van der Waals surface area contributed by atoms with Crippen molar-refractivity contribution in [2.24, 2.45) is 5.73 Å². The van der Waals surface area contributed by atoms with Gasteiger partial charge in [-0.05, 0) is 41.3 Å². The summed E-state index contributed by atoms with van der Waals surface area (Å²) in [4.78, 5) is 11.2. The van der Waals surface area contributed by atoms with E-state index in [-0.39, 0.29) is 17.0 Å². The minimum Gasteiger partial charge on any atom is -0.366 e. The van der Waals surface area contributed by atoms with Crippen LogP contribution in [-0.2, 0) is 16.6 Å². The van der Waals surface area contributed by atoms with Crippen molar-refractivity contribution in [3.05, 3.63) is 65.2 Å². The van der Waals surface area contributed by atoms with Crippen LogP contribution < -0.4 is 5.73 Å². The molecule has 0 aliphatic rings. The van der Waals surface area contributed by atoms with Gasteiger partial charge in [-0.15, -0.1) is 0 Å². The maximum Gasteiger partial charge on any atom is 0.248 e. The summed E-state index contributed by atoms with van der Waals surface area (Å²) in [6.07, 6.45) is 0. The summed E-state index contributed by atoms with van der Waals surface area (Å²) in [7, 11) is -2.09. The Bertz CT molecular complexity index is 810. The van der Waals surface area contributed by atoms with Crippen LogP contribution in [0, 0.1) is 0 Å². The third-order valence-corrected chi connectivity index (χ3v) is 5.72. The SMILES string of the molecule is CC(C)c1ccc(CN(C)S(=O)(=O)c2ccc(C(N)=O)cc2)cc1. The van der Waals surface area contributed by atoms with Gasteiger partial charge in [-0.2, -0.15) is 4.31 Å². The molecule has 6 heteroatoms. The van der Waals surface area contributed by atoms with Gasteiger partial charge in [0, 0.05) is 19.2 Å². The Hall–Kier alpha value is -2.18. The van der Waals surface area contributed by atoms with Crippen molar-refractivity contribution >= 4 is 15.9 Å². The third kappa shape index (κ3) is 4.01. The Morgan fingerprint density at radius 3 is 2.04 bits per heavy atom. The zero-order valence-corrected chi connectivity index (χ0v) is 14.9. The van der Waals surface area contributed by atoms with Gasteiger partial charge in [-0.1, -0.05) is 38.1 Å². The maximum absolute atomic E-state index is 12.6. The van der Waals surface area contributed by atoms with E-state index in [1.54, 1.807) is 0 Å². The van der Waals surface area contributed by atoms with Crippen molar-refractivity contribution in [2.45, 2.75) is 31.2 Å². The monoisotopic (exact) mass is 346 g/mol. The molecule has 2 rings (SSSR count). The van der Waals surface area contributed by atoms with E-state index in [1.165, 1.54) is 41.2 Å². The van der Waals surface area contributed by atoms with Crippen molar-refractivity contribution in [3.63, 3.8) is 0 Å². The van der Waals surface area contributed by atoms with Crippen LogP contribution in [0.25, 0.3) is 0 Å². The van der Waals surface area contributed by atoms with E-state index >= 15 is 0 Å². The lowest BCUT2D eigenvalue weighted by molar-refractivity contribution is 0.1000. The molecule has 2 aromatic rings. The Morgan fingerprint density at radius 1 is 1.04 bits per heavy atom. The minimum absolute atomic E-state index is 0.133. The molecular weight excluding hydrogens is 324 g/mol. The fourth-order valence-electron chi connectivity index (χ4n) is 2.32. The summed E-state index contributed by atoms with van der Waals surface area (Å²) in [5.74, 6) is -0.151. The number of primary amides is 1. The standard InChI is InChI=1S/C18H22N2O3S/c1-13(2)15-6-4-14(5-7-15)12-20(3)24(22,23)17-10-8-16(9-11-17)18(19)21/h4-11,13H,12H2,1-3H3,(H2,19,21). The highest BCUT2D eigenvalue weighted by molar-refractivity contribution is 7.89. The lowest BCUT2D eigenvalue weighted by atomic mass is 10.0. The van der Waals surface area contributed by atoms with Crippen LogP contribution in [-0.4, -0.2) is 25.7 Å². The van der Waals surface area contributed by atoms with E-state index in [9.17, 15) is 13.2 Å². The molecule has 0 aliphatic carbocycles. The van der Waals surface area contributed by atoms with Gasteiger partial charge in [-0.25, -0.2) is 8.42 Å². The van der Waals surface area contributed by atoms with E-state index in [2.05, 4.69) is 13.8 Å². The van der Waals surface area contributed by atoms with E-state index in [1.807, 2.05) is 24.3 Å². The average molecular weight is 346 g/mol. The fourth-order valence-corrected chi connectivity index (χ4v) is 3.48. The number of benzene rings is 2. The van der Waals surface area contributed by atoms with Gasteiger partial charge < -0.3 is 5.73 Å². The molecule has 0 bridgehead atoms. The number of carbonyl (C=O) groups is 1. The predicted octanol–water partition coefficient (Wildman–Crippen LogP) is 2.73. The quantitative estimate of drug-likeness (QED) is 0.873. The van der Waals surface area contributed by atoms with Crippen molar-refractivity contribution in [2.75, 3.05) is 7.05 Å². The zero-order valence-electron chi connectivity index (χ0n) is 14.1. The van der Waals surface area contributed by atoms with Crippen LogP contribution in [0.15, 0.2) is 53.4 Å². The Kier molecular flexibility index (Phi) is 5.41.